The number of fused-ring (bicyclic) bond motifs is 3. The van der Waals surface area contributed by atoms with Crippen LogP contribution in [0.5, 0.6) is 0 Å². The zero-order valence-corrected chi connectivity index (χ0v) is 30.2. The molecule has 0 aliphatic carbocycles. The molecule has 0 N–H and O–H groups in total. The van der Waals surface area contributed by atoms with E-state index in [1.165, 1.54) is 20.2 Å². The minimum Gasteiger partial charge on any atom is -0.208 e. The van der Waals surface area contributed by atoms with Crippen molar-refractivity contribution in [1.29, 1.82) is 0 Å². The lowest BCUT2D eigenvalue weighted by molar-refractivity contribution is 1.07. The molecule has 0 unspecified atom stereocenters. The van der Waals surface area contributed by atoms with E-state index in [2.05, 4.69) is 60.7 Å². The first-order valence-corrected chi connectivity index (χ1v) is 18.9. The Morgan fingerprint density at radius 3 is 1.16 bits per heavy atom. The van der Waals surface area contributed by atoms with Crippen molar-refractivity contribution in [2.24, 2.45) is 0 Å². The number of rotatable bonds is 7. The van der Waals surface area contributed by atoms with Gasteiger partial charge in [-0.2, -0.15) is 0 Å². The zero-order chi connectivity index (χ0) is 36.6. The van der Waals surface area contributed by atoms with Gasteiger partial charge in [0.05, 0.1) is 0 Å². The third kappa shape index (κ3) is 6.33. The average molecular weight is 723 g/mol. The monoisotopic (exact) mass is 722 g/mol. The van der Waals surface area contributed by atoms with E-state index in [-0.39, 0.29) is 0 Å². The third-order valence-corrected chi connectivity index (χ3v) is 10.7. The zero-order valence-electron chi connectivity index (χ0n) is 29.4. The standard InChI is InChI=1S/C48H30N6S/c1-5-15-31(16-6-1)43-49-44(32-17-7-2-8-18-32)52-47(51-43)36-26-27-37(35-25-28-39-38-23-13-14-24-41(38)55-42(39)30-35)40(29-36)48-53-45(33-19-9-3-10-20-33)50-46(54-48)34-21-11-4-12-22-34/h1-30H. The lowest BCUT2D eigenvalue weighted by Gasteiger charge is -2.14. The summed E-state index contributed by atoms with van der Waals surface area (Å²) in [4.78, 5) is 30.4. The summed E-state index contributed by atoms with van der Waals surface area (Å²) in [5, 5.41) is 2.51. The van der Waals surface area contributed by atoms with E-state index in [0.717, 1.165) is 44.5 Å². The van der Waals surface area contributed by atoms with E-state index in [1.807, 2.05) is 121 Å². The van der Waals surface area contributed by atoms with E-state index in [0.29, 0.717) is 34.9 Å². The molecule has 0 fully saturated rings. The van der Waals surface area contributed by atoms with Gasteiger partial charge in [0.15, 0.2) is 34.9 Å². The number of aromatic nitrogens is 6. The molecule has 0 aliphatic rings. The fourth-order valence-corrected chi connectivity index (χ4v) is 8.03. The third-order valence-electron chi connectivity index (χ3n) is 9.61. The molecule has 0 radical (unpaired) electrons. The summed E-state index contributed by atoms with van der Waals surface area (Å²) in [5.74, 6) is 3.51. The molecule has 3 aromatic heterocycles. The second-order valence-electron chi connectivity index (χ2n) is 13.1. The Hall–Kier alpha value is -7.22. The maximum Gasteiger partial charge on any atom is 0.164 e. The molecule has 10 aromatic rings. The van der Waals surface area contributed by atoms with Crippen LogP contribution in [0.15, 0.2) is 182 Å². The highest BCUT2D eigenvalue weighted by molar-refractivity contribution is 7.25. The van der Waals surface area contributed by atoms with Crippen LogP contribution in [0, 0.1) is 0 Å². The normalized spacial score (nSPS) is 11.3. The first-order chi connectivity index (χ1) is 27.2. The van der Waals surface area contributed by atoms with E-state index in [4.69, 9.17) is 29.9 Å². The summed E-state index contributed by atoms with van der Waals surface area (Å²) in [6.45, 7) is 0. The Labute approximate surface area is 321 Å². The molecule has 0 saturated carbocycles. The van der Waals surface area contributed by atoms with Crippen molar-refractivity contribution in [1.82, 2.24) is 29.9 Å². The molecule has 0 amide bonds. The topological polar surface area (TPSA) is 77.3 Å². The van der Waals surface area contributed by atoms with Crippen LogP contribution < -0.4 is 0 Å². The molecule has 258 valence electrons. The second-order valence-corrected chi connectivity index (χ2v) is 14.2. The van der Waals surface area contributed by atoms with Crippen molar-refractivity contribution < 1.29 is 0 Å². The molecule has 0 bridgehead atoms. The SMILES string of the molecule is c1ccc(-c2nc(-c3ccccc3)nc(-c3ccc(-c4ccc5c(c4)sc4ccccc45)c(-c4nc(-c5ccccc5)nc(-c5ccccc5)n4)c3)n2)cc1. The van der Waals surface area contributed by atoms with Crippen LogP contribution in [-0.2, 0) is 0 Å². The minimum atomic E-state index is 0.557. The van der Waals surface area contributed by atoms with Gasteiger partial charge < -0.3 is 0 Å². The van der Waals surface area contributed by atoms with E-state index >= 15 is 0 Å². The van der Waals surface area contributed by atoms with Crippen molar-refractivity contribution in [3.8, 4) is 79.5 Å². The van der Waals surface area contributed by atoms with Crippen LogP contribution in [0.1, 0.15) is 0 Å². The number of thiophene rings is 1. The van der Waals surface area contributed by atoms with Crippen LogP contribution in [0.25, 0.3) is 99.6 Å². The highest BCUT2D eigenvalue weighted by Crippen LogP contribution is 2.40. The average Bonchev–Trinajstić information content (AvgIpc) is 3.65. The molecule has 3 heterocycles. The summed E-state index contributed by atoms with van der Waals surface area (Å²) in [7, 11) is 0. The summed E-state index contributed by atoms with van der Waals surface area (Å²) in [6, 6.07) is 61.8. The van der Waals surface area contributed by atoms with Gasteiger partial charge in [-0.3, -0.25) is 0 Å². The van der Waals surface area contributed by atoms with E-state index in [9.17, 15) is 0 Å². The molecular weight excluding hydrogens is 693 g/mol. The number of nitrogens with zero attached hydrogens (tertiary/aromatic N) is 6. The van der Waals surface area contributed by atoms with Gasteiger partial charge >= 0.3 is 0 Å². The Morgan fingerprint density at radius 2 is 0.655 bits per heavy atom. The molecule has 7 aromatic carbocycles. The largest absolute Gasteiger partial charge is 0.208 e. The highest BCUT2D eigenvalue weighted by Gasteiger charge is 2.20. The van der Waals surface area contributed by atoms with Gasteiger partial charge in [-0.15, -0.1) is 11.3 Å². The molecule has 7 heteroatoms. The molecular formula is C48H30N6S. The van der Waals surface area contributed by atoms with Crippen molar-refractivity contribution in [2.75, 3.05) is 0 Å². The van der Waals surface area contributed by atoms with E-state index in [1.54, 1.807) is 11.3 Å². The van der Waals surface area contributed by atoms with Crippen LogP contribution in [0.3, 0.4) is 0 Å². The Balaban J connectivity index is 1.22. The minimum absolute atomic E-state index is 0.557. The Kier molecular flexibility index (Phi) is 8.24. The molecule has 0 atom stereocenters. The van der Waals surface area contributed by atoms with Crippen molar-refractivity contribution in [3.63, 3.8) is 0 Å². The summed E-state index contributed by atoms with van der Waals surface area (Å²) >= 11 is 1.80. The van der Waals surface area contributed by atoms with Gasteiger partial charge in [-0.1, -0.05) is 164 Å². The second kappa shape index (κ2) is 14.0. The summed E-state index contributed by atoms with van der Waals surface area (Å²) in [5.41, 5.74) is 7.36. The Bertz CT molecular complexity index is 2850. The van der Waals surface area contributed by atoms with Gasteiger partial charge in [0.1, 0.15) is 0 Å². The molecule has 0 aliphatic heterocycles. The number of benzene rings is 7. The molecule has 55 heavy (non-hydrogen) atoms. The smallest absolute Gasteiger partial charge is 0.164 e. The van der Waals surface area contributed by atoms with Crippen LogP contribution in [0.4, 0.5) is 0 Å². The lowest BCUT2D eigenvalue weighted by Crippen LogP contribution is -2.02. The fourth-order valence-electron chi connectivity index (χ4n) is 6.88. The Morgan fingerprint density at radius 1 is 0.255 bits per heavy atom. The maximum absolute atomic E-state index is 5.17. The van der Waals surface area contributed by atoms with Crippen molar-refractivity contribution >= 4 is 31.5 Å². The van der Waals surface area contributed by atoms with Crippen molar-refractivity contribution in [3.05, 3.63) is 182 Å². The summed E-state index contributed by atoms with van der Waals surface area (Å²) in [6.07, 6.45) is 0. The lowest BCUT2D eigenvalue weighted by atomic mass is 9.95. The summed E-state index contributed by atoms with van der Waals surface area (Å²) < 4.78 is 2.48. The molecule has 10 rings (SSSR count). The molecule has 0 saturated heterocycles. The highest BCUT2D eigenvalue weighted by atomic mass is 32.1. The predicted octanol–water partition coefficient (Wildman–Crippen LogP) is 12.1. The fraction of sp³-hybridized carbons (Fsp3) is 0. The van der Waals surface area contributed by atoms with Gasteiger partial charge in [0.25, 0.3) is 0 Å². The van der Waals surface area contributed by atoms with Gasteiger partial charge in [0.2, 0.25) is 0 Å². The van der Waals surface area contributed by atoms with Gasteiger partial charge in [0, 0.05) is 53.6 Å². The molecule has 0 spiro atoms. The van der Waals surface area contributed by atoms with Gasteiger partial charge in [-0.05, 0) is 29.3 Å². The van der Waals surface area contributed by atoms with Gasteiger partial charge in [-0.25, -0.2) is 29.9 Å². The quantitative estimate of drug-likeness (QED) is 0.163. The first kappa shape index (κ1) is 32.4. The number of hydrogen-bond donors (Lipinski definition) is 0. The van der Waals surface area contributed by atoms with E-state index < -0.39 is 0 Å². The van der Waals surface area contributed by atoms with Crippen LogP contribution >= 0.6 is 11.3 Å². The number of hydrogen-bond acceptors (Lipinski definition) is 7. The first-order valence-electron chi connectivity index (χ1n) is 18.0. The maximum atomic E-state index is 5.17. The van der Waals surface area contributed by atoms with Crippen molar-refractivity contribution in [2.45, 2.75) is 0 Å². The molecule has 6 nitrogen and oxygen atoms in total. The van der Waals surface area contributed by atoms with Crippen LogP contribution in [0.2, 0.25) is 0 Å². The predicted molar refractivity (Wildman–Crippen MR) is 224 cm³/mol. The van der Waals surface area contributed by atoms with Crippen LogP contribution in [-0.4, -0.2) is 29.9 Å².